The van der Waals surface area contributed by atoms with Crippen molar-refractivity contribution in [3.8, 4) is 0 Å². The number of hydrogen-bond acceptors (Lipinski definition) is 2. The molecule has 0 radical (unpaired) electrons. The topological polar surface area (TPSA) is 15.3 Å². The number of nitrogens with one attached hydrogen (secondary N) is 1. The van der Waals surface area contributed by atoms with E-state index in [2.05, 4.69) is 38.0 Å². The van der Waals surface area contributed by atoms with E-state index in [9.17, 15) is 0 Å². The van der Waals surface area contributed by atoms with Gasteiger partial charge >= 0.3 is 0 Å². The first kappa shape index (κ1) is 9.33. The molecule has 2 nitrogen and oxygen atoms in total. The molecule has 2 heteroatoms. The summed E-state index contributed by atoms with van der Waals surface area (Å²) in [5, 5.41) is 2.02. The van der Waals surface area contributed by atoms with Gasteiger partial charge in [-0.3, -0.25) is 0 Å². The van der Waals surface area contributed by atoms with Crippen LogP contribution in [0.5, 0.6) is 0 Å². The van der Waals surface area contributed by atoms with Crippen LogP contribution in [0.4, 0.5) is 0 Å². The molecule has 68 valence electrons. The summed E-state index contributed by atoms with van der Waals surface area (Å²) in [6.07, 6.45) is 5.53. The fourth-order valence-electron chi connectivity index (χ4n) is 1.32. The highest BCUT2D eigenvalue weighted by Gasteiger charge is 2.22. The van der Waals surface area contributed by atoms with E-state index in [4.69, 9.17) is 0 Å². The summed E-state index contributed by atoms with van der Waals surface area (Å²) in [6.45, 7) is 9.40. The molecule has 1 heterocycles. The van der Waals surface area contributed by atoms with Gasteiger partial charge in [-0.2, -0.15) is 0 Å². The molecule has 0 aromatic heterocycles. The lowest BCUT2D eigenvalue weighted by atomic mass is 9.88. The quantitative estimate of drug-likeness (QED) is 0.553. The van der Waals surface area contributed by atoms with Gasteiger partial charge in [0.25, 0.3) is 0 Å². The summed E-state index contributed by atoms with van der Waals surface area (Å²) in [7, 11) is 2.02. The zero-order valence-electron chi connectivity index (χ0n) is 8.22. The van der Waals surface area contributed by atoms with Gasteiger partial charge in [0.05, 0.1) is 0 Å². The molecule has 0 aromatic rings. The van der Waals surface area contributed by atoms with Crippen LogP contribution in [0, 0.1) is 5.41 Å². The monoisotopic (exact) mass is 166 g/mol. The van der Waals surface area contributed by atoms with Gasteiger partial charge in [-0.1, -0.05) is 32.6 Å². The molecule has 0 aliphatic carbocycles. The number of allylic oxidation sites excluding steroid dienone is 1. The first-order valence-corrected chi connectivity index (χ1v) is 4.38. The number of nitrogens with zero attached hydrogens (tertiary/aromatic N) is 1. The fourth-order valence-corrected chi connectivity index (χ4v) is 1.32. The number of hydrazine groups is 1. The Kier molecular flexibility index (Phi) is 2.58. The highest BCUT2D eigenvalue weighted by molar-refractivity contribution is 5.15. The average Bonchev–Trinajstić information content (AvgIpc) is 2.00. The summed E-state index contributed by atoms with van der Waals surface area (Å²) >= 11 is 0. The number of hydrogen-bond donors (Lipinski definition) is 1. The molecular formula is C10H18N2. The second-order valence-electron chi connectivity index (χ2n) is 3.83. The van der Waals surface area contributed by atoms with Gasteiger partial charge < -0.3 is 5.01 Å². The molecule has 0 fully saturated rings. The van der Waals surface area contributed by atoms with E-state index < -0.39 is 0 Å². The van der Waals surface area contributed by atoms with Crippen LogP contribution in [0.25, 0.3) is 0 Å². The average molecular weight is 166 g/mol. The van der Waals surface area contributed by atoms with Gasteiger partial charge in [-0.05, 0) is 6.42 Å². The molecule has 1 aliphatic heterocycles. The molecule has 0 aromatic carbocycles. The van der Waals surface area contributed by atoms with Crippen LogP contribution >= 0.6 is 0 Å². The SMILES string of the molecule is C=C1N(C)NCC/C=C\C1(C)C. The lowest BCUT2D eigenvalue weighted by Crippen LogP contribution is -2.39. The van der Waals surface area contributed by atoms with E-state index in [-0.39, 0.29) is 5.41 Å². The van der Waals surface area contributed by atoms with E-state index in [1.165, 1.54) is 0 Å². The minimum atomic E-state index is 0.0716. The largest absolute Gasteiger partial charge is 0.315 e. The van der Waals surface area contributed by atoms with Gasteiger partial charge in [0, 0.05) is 24.7 Å². The Balaban J connectivity index is 2.83. The molecule has 0 bridgehead atoms. The molecule has 0 saturated heterocycles. The van der Waals surface area contributed by atoms with Crippen molar-refractivity contribution in [2.45, 2.75) is 20.3 Å². The van der Waals surface area contributed by atoms with Crippen molar-refractivity contribution >= 4 is 0 Å². The van der Waals surface area contributed by atoms with Crippen LogP contribution in [0.15, 0.2) is 24.4 Å². The second-order valence-corrected chi connectivity index (χ2v) is 3.83. The summed E-state index contributed by atoms with van der Waals surface area (Å²) < 4.78 is 0. The minimum Gasteiger partial charge on any atom is -0.315 e. The maximum absolute atomic E-state index is 4.06. The smallest absolute Gasteiger partial charge is 0.0312 e. The van der Waals surface area contributed by atoms with Crippen molar-refractivity contribution in [2.24, 2.45) is 5.41 Å². The van der Waals surface area contributed by atoms with Crippen molar-refractivity contribution in [1.82, 2.24) is 10.4 Å². The first-order chi connectivity index (χ1) is 5.54. The van der Waals surface area contributed by atoms with Crippen LogP contribution in [0.3, 0.4) is 0 Å². The third-order valence-electron chi connectivity index (χ3n) is 2.34. The Morgan fingerprint density at radius 1 is 1.58 bits per heavy atom. The molecule has 1 rings (SSSR count). The van der Waals surface area contributed by atoms with Crippen molar-refractivity contribution in [1.29, 1.82) is 0 Å². The summed E-state index contributed by atoms with van der Waals surface area (Å²) in [5.41, 5.74) is 4.45. The van der Waals surface area contributed by atoms with Crippen LogP contribution in [-0.2, 0) is 0 Å². The third kappa shape index (κ3) is 1.89. The lowest BCUT2D eigenvalue weighted by Gasteiger charge is -2.33. The van der Waals surface area contributed by atoms with Crippen molar-refractivity contribution < 1.29 is 0 Å². The number of rotatable bonds is 0. The standard InChI is InChI=1S/C10H18N2/c1-9-10(2,3)7-5-6-8-11-12(9)4/h5,7,11H,1,6,8H2,2-4H3/b7-5-. The predicted octanol–water partition coefficient (Wildman–Crippen LogP) is 1.92. The molecule has 1 aliphatic rings. The zero-order valence-corrected chi connectivity index (χ0v) is 8.22. The Hall–Kier alpha value is -0.760. The highest BCUT2D eigenvalue weighted by Crippen LogP contribution is 2.28. The Morgan fingerprint density at radius 2 is 2.25 bits per heavy atom. The van der Waals surface area contributed by atoms with Crippen LogP contribution in [0.1, 0.15) is 20.3 Å². The van der Waals surface area contributed by atoms with Crippen molar-refractivity contribution in [3.63, 3.8) is 0 Å². The van der Waals surface area contributed by atoms with Crippen LogP contribution in [-0.4, -0.2) is 18.6 Å². The van der Waals surface area contributed by atoms with Crippen LogP contribution < -0.4 is 5.43 Å². The molecule has 12 heavy (non-hydrogen) atoms. The maximum atomic E-state index is 4.06. The van der Waals surface area contributed by atoms with E-state index in [1.54, 1.807) is 0 Å². The van der Waals surface area contributed by atoms with Gasteiger partial charge in [0.2, 0.25) is 0 Å². The minimum absolute atomic E-state index is 0.0716. The lowest BCUT2D eigenvalue weighted by molar-refractivity contribution is 0.248. The fraction of sp³-hybridized carbons (Fsp3) is 0.600. The van der Waals surface area contributed by atoms with E-state index >= 15 is 0 Å². The van der Waals surface area contributed by atoms with Crippen LogP contribution in [0.2, 0.25) is 0 Å². The van der Waals surface area contributed by atoms with E-state index in [1.807, 2.05) is 12.1 Å². The van der Waals surface area contributed by atoms with E-state index in [0.29, 0.717) is 0 Å². The van der Waals surface area contributed by atoms with E-state index in [0.717, 1.165) is 18.7 Å². The first-order valence-electron chi connectivity index (χ1n) is 4.38. The Morgan fingerprint density at radius 3 is 2.92 bits per heavy atom. The highest BCUT2D eigenvalue weighted by atomic mass is 15.5. The summed E-state index contributed by atoms with van der Waals surface area (Å²) in [6, 6.07) is 0. The Bertz CT molecular complexity index is 204. The zero-order chi connectivity index (χ0) is 9.19. The predicted molar refractivity (Wildman–Crippen MR) is 52.4 cm³/mol. The molecule has 0 atom stereocenters. The maximum Gasteiger partial charge on any atom is 0.0312 e. The summed E-state index contributed by atoms with van der Waals surface area (Å²) in [4.78, 5) is 0. The van der Waals surface area contributed by atoms with Gasteiger partial charge in [-0.15, -0.1) is 0 Å². The second kappa shape index (κ2) is 3.31. The van der Waals surface area contributed by atoms with Crippen molar-refractivity contribution in [3.05, 3.63) is 24.4 Å². The van der Waals surface area contributed by atoms with Gasteiger partial charge in [0.15, 0.2) is 0 Å². The van der Waals surface area contributed by atoms with Gasteiger partial charge in [-0.25, -0.2) is 5.43 Å². The van der Waals surface area contributed by atoms with Gasteiger partial charge in [0.1, 0.15) is 0 Å². The third-order valence-corrected chi connectivity index (χ3v) is 2.34. The molecule has 1 N–H and O–H groups in total. The summed E-state index contributed by atoms with van der Waals surface area (Å²) in [5.74, 6) is 0. The molecule has 0 amide bonds. The molecule has 0 saturated carbocycles. The van der Waals surface area contributed by atoms with Crippen molar-refractivity contribution in [2.75, 3.05) is 13.6 Å². The Labute approximate surface area is 74.9 Å². The normalized spacial score (nSPS) is 26.2. The molecule has 0 spiro atoms. The molecule has 0 unspecified atom stereocenters. The molecular weight excluding hydrogens is 148 g/mol.